The van der Waals surface area contributed by atoms with E-state index in [0.717, 1.165) is 33.3 Å². The van der Waals surface area contributed by atoms with Gasteiger partial charge in [0.2, 0.25) is 0 Å². The summed E-state index contributed by atoms with van der Waals surface area (Å²) in [5.41, 5.74) is 15.2. The van der Waals surface area contributed by atoms with Crippen LogP contribution in [-0.2, 0) is 5.41 Å². The van der Waals surface area contributed by atoms with Gasteiger partial charge in [0.1, 0.15) is 5.58 Å². The third-order valence-corrected chi connectivity index (χ3v) is 13.1. The van der Waals surface area contributed by atoms with Gasteiger partial charge in [-0.1, -0.05) is 140 Å². The molecule has 0 N–H and O–H groups in total. The van der Waals surface area contributed by atoms with Crippen LogP contribution < -0.4 is 9.80 Å². The number of thioether (sulfide) groups is 1. The number of rotatable bonds is 2. The van der Waals surface area contributed by atoms with Gasteiger partial charge in [-0.2, -0.15) is 0 Å². The zero-order valence-electron chi connectivity index (χ0n) is 28.7. The van der Waals surface area contributed by atoms with Crippen molar-refractivity contribution in [2.75, 3.05) is 9.80 Å². The lowest BCUT2D eigenvalue weighted by Crippen LogP contribution is -2.41. The summed E-state index contributed by atoms with van der Waals surface area (Å²) in [7, 11) is 0. The number of benzene rings is 7. The zero-order chi connectivity index (χ0) is 34.7. The SMILES string of the molecule is C1=CC2Sc3c(ccc4c3-c3ccccc3C43c4ccccc4N(c4ccccc4)c4ccccc43)N(c3cccc4c3oc3ccccc34)C2C=C1. The Bertz CT molecular complexity index is 2820. The second kappa shape index (κ2) is 10.9. The smallest absolute Gasteiger partial charge is 0.159 e. The summed E-state index contributed by atoms with van der Waals surface area (Å²) in [6, 6.07) is 58.0. The summed E-state index contributed by atoms with van der Waals surface area (Å²) >= 11 is 2.01. The molecule has 8 aromatic rings. The van der Waals surface area contributed by atoms with Gasteiger partial charge in [0.05, 0.1) is 39.5 Å². The molecule has 0 radical (unpaired) electrons. The van der Waals surface area contributed by atoms with Gasteiger partial charge in [0, 0.05) is 26.9 Å². The highest BCUT2D eigenvalue weighted by atomic mass is 32.2. The second-order valence-corrected chi connectivity index (χ2v) is 15.5. The average molecular weight is 697 g/mol. The molecule has 7 aromatic carbocycles. The molecule has 0 saturated heterocycles. The highest BCUT2D eigenvalue weighted by Gasteiger charge is 2.53. The molecular weight excluding hydrogens is 665 g/mol. The minimum absolute atomic E-state index is 0.135. The van der Waals surface area contributed by atoms with Gasteiger partial charge in [-0.15, -0.1) is 11.8 Å². The first-order valence-corrected chi connectivity index (χ1v) is 19.2. The van der Waals surface area contributed by atoms with E-state index >= 15 is 0 Å². The molecule has 0 fully saturated rings. The lowest BCUT2D eigenvalue weighted by molar-refractivity contribution is 0.664. The molecule has 0 amide bonds. The maximum Gasteiger partial charge on any atom is 0.159 e. The van der Waals surface area contributed by atoms with Crippen LogP contribution >= 0.6 is 11.8 Å². The van der Waals surface area contributed by atoms with Crippen molar-refractivity contribution in [3.05, 3.63) is 204 Å². The molecule has 250 valence electrons. The van der Waals surface area contributed by atoms with Crippen molar-refractivity contribution in [3.63, 3.8) is 0 Å². The number of hydrogen-bond donors (Lipinski definition) is 0. The predicted octanol–water partition coefficient (Wildman–Crippen LogP) is 12.8. The number of furan rings is 1. The van der Waals surface area contributed by atoms with Crippen molar-refractivity contribution < 1.29 is 4.42 Å². The van der Waals surface area contributed by atoms with E-state index in [9.17, 15) is 0 Å². The third kappa shape index (κ3) is 3.81. The number of para-hydroxylation sites is 5. The van der Waals surface area contributed by atoms with Gasteiger partial charge in [0.15, 0.2) is 5.58 Å². The third-order valence-electron chi connectivity index (χ3n) is 11.8. The summed E-state index contributed by atoms with van der Waals surface area (Å²) in [6.07, 6.45) is 9.15. The van der Waals surface area contributed by atoms with E-state index in [1.165, 1.54) is 55.3 Å². The first-order valence-electron chi connectivity index (χ1n) is 18.3. The van der Waals surface area contributed by atoms with Gasteiger partial charge < -0.3 is 14.2 Å². The molecule has 1 spiro atoms. The minimum atomic E-state index is -0.497. The quantitative estimate of drug-likeness (QED) is 0.179. The molecule has 53 heavy (non-hydrogen) atoms. The average Bonchev–Trinajstić information content (AvgIpc) is 3.75. The van der Waals surface area contributed by atoms with Crippen molar-refractivity contribution in [3.8, 4) is 11.1 Å². The van der Waals surface area contributed by atoms with Crippen LogP contribution in [0.1, 0.15) is 22.3 Å². The molecule has 2 atom stereocenters. The van der Waals surface area contributed by atoms with E-state index in [1.54, 1.807) is 0 Å². The van der Waals surface area contributed by atoms with Crippen LogP contribution in [0.15, 0.2) is 191 Å². The fourth-order valence-corrected chi connectivity index (χ4v) is 11.2. The monoisotopic (exact) mass is 696 g/mol. The molecule has 4 aliphatic rings. The molecule has 2 aliphatic heterocycles. The number of fused-ring (bicyclic) bond motifs is 15. The Kier molecular flexibility index (Phi) is 6.03. The predicted molar refractivity (Wildman–Crippen MR) is 220 cm³/mol. The molecular formula is C49H32N2OS. The topological polar surface area (TPSA) is 19.6 Å². The van der Waals surface area contributed by atoms with Crippen molar-refractivity contribution in [2.24, 2.45) is 0 Å². The largest absolute Gasteiger partial charge is 0.454 e. The van der Waals surface area contributed by atoms with E-state index in [1.807, 2.05) is 11.8 Å². The molecule has 2 unspecified atom stereocenters. The van der Waals surface area contributed by atoms with Crippen LogP contribution in [0, 0.1) is 0 Å². The zero-order valence-corrected chi connectivity index (χ0v) is 29.5. The van der Waals surface area contributed by atoms with Crippen molar-refractivity contribution in [1.82, 2.24) is 0 Å². The van der Waals surface area contributed by atoms with E-state index in [0.29, 0.717) is 0 Å². The molecule has 2 aliphatic carbocycles. The Hall–Kier alpha value is -6.23. The van der Waals surface area contributed by atoms with Gasteiger partial charge in [-0.05, 0) is 70.3 Å². The van der Waals surface area contributed by atoms with Crippen molar-refractivity contribution in [2.45, 2.75) is 21.6 Å². The lowest BCUT2D eigenvalue weighted by atomic mass is 9.64. The van der Waals surface area contributed by atoms with Crippen LogP contribution in [-0.4, -0.2) is 11.3 Å². The maximum atomic E-state index is 6.70. The normalized spacial score (nSPS) is 18.4. The highest BCUT2D eigenvalue weighted by Crippen LogP contribution is 2.66. The summed E-state index contributed by atoms with van der Waals surface area (Å²) in [4.78, 5) is 6.32. The Morgan fingerprint density at radius 3 is 2.00 bits per heavy atom. The van der Waals surface area contributed by atoms with Gasteiger partial charge in [0.25, 0.3) is 0 Å². The number of allylic oxidation sites excluding steroid dienone is 2. The van der Waals surface area contributed by atoms with Crippen LogP contribution in [0.3, 0.4) is 0 Å². The summed E-state index contributed by atoms with van der Waals surface area (Å²) in [6.45, 7) is 0. The second-order valence-electron chi connectivity index (χ2n) is 14.3. The summed E-state index contributed by atoms with van der Waals surface area (Å²) in [5.74, 6) is 0. The van der Waals surface area contributed by atoms with E-state index in [-0.39, 0.29) is 11.3 Å². The molecule has 1 aromatic heterocycles. The lowest BCUT2D eigenvalue weighted by Gasteiger charge is -2.45. The summed E-state index contributed by atoms with van der Waals surface area (Å²) in [5, 5.41) is 2.52. The Balaban J connectivity index is 1.16. The van der Waals surface area contributed by atoms with Gasteiger partial charge in [-0.3, -0.25) is 0 Å². The van der Waals surface area contributed by atoms with Crippen LogP contribution in [0.2, 0.25) is 0 Å². The summed E-state index contributed by atoms with van der Waals surface area (Å²) < 4.78 is 6.70. The highest BCUT2D eigenvalue weighted by molar-refractivity contribution is 8.00. The minimum Gasteiger partial charge on any atom is -0.454 e. The van der Waals surface area contributed by atoms with Crippen molar-refractivity contribution >= 4 is 62.1 Å². The number of anilines is 5. The fraction of sp³-hybridized carbons (Fsp3) is 0.0612. The van der Waals surface area contributed by atoms with Crippen LogP contribution in [0.5, 0.6) is 0 Å². The molecule has 3 nitrogen and oxygen atoms in total. The maximum absolute atomic E-state index is 6.70. The Morgan fingerprint density at radius 1 is 0.509 bits per heavy atom. The molecule has 3 heterocycles. The first-order chi connectivity index (χ1) is 26.3. The number of hydrogen-bond acceptors (Lipinski definition) is 4. The Labute approximate surface area is 312 Å². The molecule has 12 rings (SSSR count). The molecule has 0 saturated carbocycles. The van der Waals surface area contributed by atoms with Crippen LogP contribution in [0.25, 0.3) is 33.1 Å². The van der Waals surface area contributed by atoms with E-state index < -0.39 is 5.41 Å². The standard InChI is InChI=1S/C49H32N2OS/c1-2-15-31(16-3-1)50-39-23-9-7-21-36(39)49(37-22-8-10-24-40(37)50)35-20-6-4-18-34(35)46-38(49)29-30-43-48(46)53-45-28-13-11-25-41(45)51(43)42-26-14-19-33-32-17-5-12-27-44(32)52-47(33)42/h1-30,41,45H. The van der Waals surface area contributed by atoms with E-state index in [2.05, 4.69) is 192 Å². The molecule has 0 bridgehead atoms. The Morgan fingerprint density at radius 2 is 1.17 bits per heavy atom. The van der Waals surface area contributed by atoms with Gasteiger partial charge in [-0.25, -0.2) is 0 Å². The van der Waals surface area contributed by atoms with Gasteiger partial charge >= 0.3 is 0 Å². The van der Waals surface area contributed by atoms with Crippen molar-refractivity contribution in [1.29, 1.82) is 0 Å². The van der Waals surface area contributed by atoms with Crippen LogP contribution in [0.4, 0.5) is 28.4 Å². The molecule has 4 heteroatoms. The first kappa shape index (κ1) is 29.4. The van der Waals surface area contributed by atoms with E-state index in [4.69, 9.17) is 4.42 Å². The fourth-order valence-electron chi connectivity index (χ4n) is 9.74. The number of nitrogens with zero attached hydrogens (tertiary/aromatic N) is 2.